The fourth-order valence-corrected chi connectivity index (χ4v) is 2.27. The van der Waals surface area contributed by atoms with E-state index in [9.17, 15) is 10.1 Å². The van der Waals surface area contributed by atoms with Gasteiger partial charge in [-0.1, -0.05) is 18.2 Å². The quantitative estimate of drug-likeness (QED) is 0.670. The number of nitrogens with zero attached hydrogens (tertiary/aromatic N) is 1. The first-order valence-corrected chi connectivity index (χ1v) is 6.65. The van der Waals surface area contributed by atoms with Crippen LogP contribution in [0.25, 0.3) is 0 Å². The van der Waals surface area contributed by atoms with Gasteiger partial charge in [0.25, 0.3) is 5.69 Å². The van der Waals surface area contributed by atoms with Crippen LogP contribution in [0.5, 0.6) is 5.75 Å². The zero-order chi connectivity index (χ0) is 14.5. The summed E-state index contributed by atoms with van der Waals surface area (Å²) in [5, 5.41) is 19.9. The normalized spacial score (nSPS) is 10.3. The third kappa shape index (κ3) is 3.34. The highest BCUT2D eigenvalue weighted by molar-refractivity contribution is 9.10. The highest BCUT2D eigenvalue weighted by Crippen LogP contribution is 2.28. The lowest BCUT2D eigenvalue weighted by Crippen LogP contribution is -2.01. The maximum Gasteiger partial charge on any atom is 0.276 e. The molecule has 2 aromatic carbocycles. The molecule has 0 aliphatic heterocycles. The summed E-state index contributed by atoms with van der Waals surface area (Å²) >= 11 is 3.34. The van der Waals surface area contributed by atoms with Gasteiger partial charge >= 0.3 is 0 Å². The lowest BCUT2D eigenvalue weighted by Gasteiger charge is -2.09. The fourth-order valence-electron chi connectivity index (χ4n) is 1.73. The molecule has 5 nitrogen and oxygen atoms in total. The van der Waals surface area contributed by atoms with Crippen LogP contribution >= 0.6 is 15.9 Å². The minimum Gasteiger partial charge on any atom is -0.487 e. The Morgan fingerprint density at radius 1 is 1.25 bits per heavy atom. The Morgan fingerprint density at radius 2 is 2.00 bits per heavy atom. The molecule has 2 aromatic rings. The second-order valence-electron chi connectivity index (χ2n) is 4.10. The summed E-state index contributed by atoms with van der Waals surface area (Å²) in [4.78, 5) is 10.5. The number of rotatable bonds is 5. The van der Waals surface area contributed by atoms with E-state index in [1.54, 1.807) is 36.4 Å². The maximum atomic E-state index is 10.9. The van der Waals surface area contributed by atoms with Crippen molar-refractivity contribution >= 4 is 21.6 Å². The number of benzene rings is 2. The molecule has 20 heavy (non-hydrogen) atoms. The van der Waals surface area contributed by atoms with Crippen LogP contribution in [0.15, 0.2) is 46.9 Å². The van der Waals surface area contributed by atoms with E-state index in [-0.39, 0.29) is 18.9 Å². The van der Waals surface area contributed by atoms with Crippen molar-refractivity contribution in [2.24, 2.45) is 0 Å². The standard InChI is InChI=1S/C14H12BrNO4/c15-12-7-10(8-17)5-6-14(12)20-9-11-3-1-2-4-13(11)16(18)19/h1-7,17H,8-9H2. The first kappa shape index (κ1) is 14.5. The van der Waals surface area contributed by atoms with Gasteiger partial charge in [-0.25, -0.2) is 0 Å². The van der Waals surface area contributed by atoms with Crippen molar-refractivity contribution < 1.29 is 14.8 Å². The minimum absolute atomic E-state index is 0.0376. The molecule has 0 radical (unpaired) electrons. The van der Waals surface area contributed by atoms with Crippen molar-refractivity contribution in [3.8, 4) is 5.75 Å². The second-order valence-corrected chi connectivity index (χ2v) is 4.95. The van der Waals surface area contributed by atoms with Crippen LogP contribution in [0.4, 0.5) is 5.69 Å². The van der Waals surface area contributed by atoms with Crippen LogP contribution in [-0.4, -0.2) is 10.0 Å². The van der Waals surface area contributed by atoms with Gasteiger partial charge in [0.2, 0.25) is 0 Å². The van der Waals surface area contributed by atoms with Crippen LogP contribution in [0, 0.1) is 10.1 Å². The molecule has 2 rings (SSSR count). The van der Waals surface area contributed by atoms with Gasteiger partial charge in [-0.05, 0) is 39.7 Å². The van der Waals surface area contributed by atoms with Crippen LogP contribution in [0.1, 0.15) is 11.1 Å². The summed E-state index contributed by atoms with van der Waals surface area (Å²) in [7, 11) is 0. The number of ether oxygens (including phenoxy) is 1. The highest BCUT2D eigenvalue weighted by atomic mass is 79.9. The van der Waals surface area contributed by atoms with E-state index >= 15 is 0 Å². The first-order valence-electron chi connectivity index (χ1n) is 5.86. The molecule has 0 heterocycles. The summed E-state index contributed by atoms with van der Waals surface area (Å²) in [6.45, 7) is 0.0528. The number of nitro groups is 1. The van der Waals surface area contributed by atoms with Crippen LogP contribution in [0.2, 0.25) is 0 Å². The Labute approximate surface area is 124 Å². The molecule has 0 spiro atoms. The highest BCUT2D eigenvalue weighted by Gasteiger charge is 2.13. The van der Waals surface area contributed by atoms with Gasteiger partial charge in [0.15, 0.2) is 0 Å². The summed E-state index contributed by atoms with van der Waals surface area (Å²) in [6, 6.07) is 11.7. The SMILES string of the molecule is O=[N+]([O-])c1ccccc1COc1ccc(CO)cc1Br. The van der Waals surface area contributed by atoms with Gasteiger partial charge < -0.3 is 9.84 Å². The van der Waals surface area contributed by atoms with Gasteiger partial charge in [0.05, 0.1) is 21.6 Å². The molecule has 0 saturated heterocycles. The van der Waals surface area contributed by atoms with Crippen molar-refractivity contribution in [2.75, 3.05) is 0 Å². The molecule has 0 aromatic heterocycles. The van der Waals surface area contributed by atoms with Crippen molar-refractivity contribution in [1.29, 1.82) is 0 Å². The zero-order valence-electron chi connectivity index (χ0n) is 10.5. The number of aliphatic hydroxyl groups excluding tert-OH is 1. The van der Waals surface area contributed by atoms with E-state index in [0.717, 1.165) is 5.56 Å². The van der Waals surface area contributed by atoms with E-state index in [4.69, 9.17) is 9.84 Å². The molecule has 0 aliphatic carbocycles. The topological polar surface area (TPSA) is 72.6 Å². The number of hydrogen-bond donors (Lipinski definition) is 1. The second kappa shape index (κ2) is 6.49. The third-order valence-electron chi connectivity index (χ3n) is 2.75. The predicted molar refractivity (Wildman–Crippen MR) is 77.5 cm³/mol. The van der Waals surface area contributed by atoms with Gasteiger partial charge in [-0.2, -0.15) is 0 Å². The van der Waals surface area contributed by atoms with Gasteiger partial charge in [0.1, 0.15) is 12.4 Å². The minimum atomic E-state index is -0.428. The monoisotopic (exact) mass is 337 g/mol. The number of nitro benzene ring substituents is 1. The fraction of sp³-hybridized carbons (Fsp3) is 0.143. The smallest absolute Gasteiger partial charge is 0.276 e. The van der Waals surface area contributed by atoms with Gasteiger partial charge in [0, 0.05) is 6.07 Å². The molecule has 0 aliphatic rings. The lowest BCUT2D eigenvalue weighted by atomic mass is 10.2. The van der Waals surface area contributed by atoms with Crippen molar-refractivity contribution in [3.63, 3.8) is 0 Å². The van der Waals surface area contributed by atoms with E-state index < -0.39 is 4.92 Å². The lowest BCUT2D eigenvalue weighted by molar-refractivity contribution is -0.385. The van der Waals surface area contributed by atoms with Crippen molar-refractivity contribution in [3.05, 3.63) is 68.2 Å². The number of hydrogen-bond acceptors (Lipinski definition) is 4. The van der Waals surface area contributed by atoms with E-state index in [2.05, 4.69) is 15.9 Å². The van der Waals surface area contributed by atoms with Crippen LogP contribution in [-0.2, 0) is 13.2 Å². The third-order valence-corrected chi connectivity index (χ3v) is 3.37. The summed E-state index contributed by atoms with van der Waals surface area (Å²) in [6.07, 6.45) is 0. The molecule has 0 bridgehead atoms. The Kier molecular flexibility index (Phi) is 4.70. The molecule has 0 unspecified atom stereocenters. The Bertz CT molecular complexity index is 630. The average molecular weight is 338 g/mol. The summed E-state index contributed by atoms with van der Waals surface area (Å²) in [5.41, 5.74) is 1.31. The van der Waals surface area contributed by atoms with Crippen LogP contribution in [0.3, 0.4) is 0 Å². The Morgan fingerprint density at radius 3 is 2.65 bits per heavy atom. The summed E-state index contributed by atoms with van der Waals surface area (Å²) in [5.74, 6) is 0.570. The van der Waals surface area contributed by atoms with E-state index in [0.29, 0.717) is 15.8 Å². The first-order chi connectivity index (χ1) is 9.61. The average Bonchev–Trinajstić information content (AvgIpc) is 2.46. The van der Waals surface area contributed by atoms with E-state index in [1.165, 1.54) is 6.07 Å². The number of halogens is 1. The van der Waals surface area contributed by atoms with Gasteiger partial charge in [-0.3, -0.25) is 10.1 Å². The van der Waals surface area contributed by atoms with Crippen LogP contribution < -0.4 is 4.74 Å². The molecular formula is C14H12BrNO4. The Hall–Kier alpha value is -1.92. The molecule has 104 valence electrons. The zero-order valence-corrected chi connectivity index (χ0v) is 12.0. The largest absolute Gasteiger partial charge is 0.487 e. The van der Waals surface area contributed by atoms with E-state index in [1.807, 2.05) is 0 Å². The molecule has 0 amide bonds. The maximum absolute atomic E-state index is 10.9. The number of para-hydroxylation sites is 1. The molecule has 6 heteroatoms. The van der Waals surface area contributed by atoms with Crippen molar-refractivity contribution in [2.45, 2.75) is 13.2 Å². The van der Waals surface area contributed by atoms with Crippen molar-refractivity contribution in [1.82, 2.24) is 0 Å². The molecule has 0 atom stereocenters. The molecule has 0 saturated carbocycles. The predicted octanol–water partition coefficient (Wildman–Crippen LogP) is 3.43. The summed E-state index contributed by atoms with van der Waals surface area (Å²) < 4.78 is 6.28. The number of aliphatic hydroxyl groups is 1. The molecular weight excluding hydrogens is 326 g/mol. The van der Waals surface area contributed by atoms with Gasteiger partial charge in [-0.15, -0.1) is 0 Å². The molecule has 1 N–H and O–H groups in total. The molecule has 0 fully saturated rings. The Balaban J connectivity index is 2.15.